The molecule has 1 aromatic carbocycles. The summed E-state index contributed by atoms with van der Waals surface area (Å²) in [6.45, 7) is 2.79. The number of aromatic nitrogens is 2. The van der Waals surface area contributed by atoms with Crippen molar-refractivity contribution in [3.05, 3.63) is 41.0 Å². The first-order chi connectivity index (χ1) is 11.5. The van der Waals surface area contributed by atoms with Gasteiger partial charge in [0.15, 0.2) is 11.5 Å². The molecule has 24 heavy (non-hydrogen) atoms. The molecule has 0 bridgehead atoms. The maximum atomic E-state index is 12.2. The summed E-state index contributed by atoms with van der Waals surface area (Å²) in [5.41, 5.74) is 0.996. The Labute approximate surface area is 146 Å². The minimum absolute atomic E-state index is 0.136. The fourth-order valence-electron chi connectivity index (χ4n) is 2.12. The average Bonchev–Trinajstić information content (AvgIpc) is 2.60. The summed E-state index contributed by atoms with van der Waals surface area (Å²) in [6, 6.07) is 8.59. The van der Waals surface area contributed by atoms with Gasteiger partial charge in [0.1, 0.15) is 5.75 Å². The van der Waals surface area contributed by atoms with Gasteiger partial charge < -0.3 is 15.0 Å². The average molecular weight is 349 g/mol. The lowest BCUT2D eigenvalue weighted by Gasteiger charge is -2.16. The first-order valence-corrected chi connectivity index (χ1v) is 8.12. The zero-order valence-electron chi connectivity index (χ0n) is 14.0. The van der Waals surface area contributed by atoms with E-state index < -0.39 is 0 Å². The predicted molar refractivity (Wildman–Crippen MR) is 95.2 cm³/mol. The molecule has 0 fully saturated rings. The smallest absolute Gasteiger partial charge is 0.274 e. The van der Waals surface area contributed by atoms with Crippen LogP contribution in [0.3, 0.4) is 0 Å². The number of amides is 1. The number of methoxy groups -OCH3 is 1. The van der Waals surface area contributed by atoms with E-state index in [1.807, 2.05) is 0 Å². The second-order valence-electron chi connectivity index (χ2n) is 5.35. The number of rotatable bonds is 7. The molecule has 128 valence electrons. The van der Waals surface area contributed by atoms with Crippen LogP contribution in [-0.4, -0.2) is 41.7 Å². The summed E-state index contributed by atoms with van der Waals surface area (Å²) in [6.07, 6.45) is 2.00. The van der Waals surface area contributed by atoms with Crippen molar-refractivity contribution in [2.75, 3.05) is 26.0 Å². The summed E-state index contributed by atoms with van der Waals surface area (Å²) < 4.78 is 5.27. The van der Waals surface area contributed by atoms with Crippen LogP contribution in [0.15, 0.2) is 30.3 Å². The molecule has 1 amide bonds. The Morgan fingerprint density at radius 2 is 2.08 bits per heavy atom. The molecule has 1 N–H and O–H groups in total. The number of halogens is 1. The van der Waals surface area contributed by atoms with Crippen molar-refractivity contribution in [2.24, 2.45) is 0 Å². The number of benzene rings is 1. The minimum atomic E-state index is -0.136. The molecule has 0 aliphatic carbocycles. The molecular weight excluding hydrogens is 328 g/mol. The van der Waals surface area contributed by atoms with Crippen LogP contribution in [0.1, 0.15) is 30.3 Å². The zero-order chi connectivity index (χ0) is 17.5. The Hall–Kier alpha value is -2.34. The summed E-state index contributed by atoms with van der Waals surface area (Å²) >= 11 is 6.00. The van der Waals surface area contributed by atoms with Crippen LogP contribution in [0.4, 0.5) is 11.5 Å². The molecule has 0 aliphatic heterocycles. The number of carbonyl (C=O) groups excluding carboxylic acids is 1. The van der Waals surface area contributed by atoms with Crippen LogP contribution in [0.5, 0.6) is 5.75 Å². The van der Waals surface area contributed by atoms with Gasteiger partial charge in [0.05, 0.1) is 12.8 Å². The maximum Gasteiger partial charge on any atom is 0.274 e. The molecule has 0 spiro atoms. The number of unbranched alkanes of at least 4 members (excludes halogenated alkanes) is 1. The second-order valence-corrected chi connectivity index (χ2v) is 5.79. The minimum Gasteiger partial charge on any atom is -0.495 e. The summed E-state index contributed by atoms with van der Waals surface area (Å²) in [5.74, 6) is 1.01. The Morgan fingerprint density at radius 3 is 2.71 bits per heavy atom. The van der Waals surface area contributed by atoms with Gasteiger partial charge >= 0.3 is 0 Å². The van der Waals surface area contributed by atoms with Gasteiger partial charge in [-0.1, -0.05) is 24.9 Å². The Kier molecular flexibility index (Phi) is 6.37. The van der Waals surface area contributed by atoms with E-state index in [1.54, 1.807) is 49.4 Å². The number of hydrogen-bond acceptors (Lipinski definition) is 5. The first kappa shape index (κ1) is 18.0. The highest BCUT2D eigenvalue weighted by atomic mass is 35.5. The molecule has 1 heterocycles. The number of nitrogens with zero attached hydrogens (tertiary/aromatic N) is 3. The topological polar surface area (TPSA) is 67.4 Å². The SMILES string of the molecule is CCCCN(C)C(=O)c1ccc(Nc2cc(Cl)ccc2OC)nn1. The van der Waals surface area contributed by atoms with Crippen molar-refractivity contribution in [1.82, 2.24) is 15.1 Å². The number of nitrogens with one attached hydrogen (secondary N) is 1. The highest BCUT2D eigenvalue weighted by Crippen LogP contribution is 2.29. The third-order valence-corrected chi connectivity index (χ3v) is 3.74. The summed E-state index contributed by atoms with van der Waals surface area (Å²) in [5, 5.41) is 11.7. The van der Waals surface area contributed by atoms with Crippen molar-refractivity contribution in [2.45, 2.75) is 19.8 Å². The fraction of sp³-hybridized carbons (Fsp3) is 0.353. The van der Waals surface area contributed by atoms with Crippen LogP contribution in [0.2, 0.25) is 5.02 Å². The molecular formula is C17H21ClN4O2. The zero-order valence-corrected chi connectivity index (χ0v) is 14.8. The van der Waals surface area contributed by atoms with E-state index in [0.29, 0.717) is 34.5 Å². The van der Waals surface area contributed by atoms with Gasteiger partial charge in [-0.05, 0) is 36.8 Å². The quantitative estimate of drug-likeness (QED) is 0.825. The molecule has 0 unspecified atom stereocenters. The lowest BCUT2D eigenvalue weighted by molar-refractivity contribution is 0.0786. The highest BCUT2D eigenvalue weighted by Gasteiger charge is 2.13. The van der Waals surface area contributed by atoms with E-state index in [9.17, 15) is 4.79 Å². The molecule has 0 saturated carbocycles. The Morgan fingerprint density at radius 1 is 1.29 bits per heavy atom. The van der Waals surface area contributed by atoms with E-state index in [1.165, 1.54) is 0 Å². The molecule has 1 aromatic heterocycles. The van der Waals surface area contributed by atoms with Crippen LogP contribution >= 0.6 is 11.6 Å². The Bertz CT molecular complexity index is 691. The fourth-order valence-corrected chi connectivity index (χ4v) is 2.29. The lowest BCUT2D eigenvalue weighted by atomic mass is 10.2. The molecule has 0 atom stereocenters. The third kappa shape index (κ3) is 4.58. The van der Waals surface area contributed by atoms with Crippen LogP contribution < -0.4 is 10.1 Å². The van der Waals surface area contributed by atoms with Crippen LogP contribution in [0.25, 0.3) is 0 Å². The van der Waals surface area contributed by atoms with Crippen molar-refractivity contribution < 1.29 is 9.53 Å². The molecule has 0 saturated heterocycles. The van der Waals surface area contributed by atoms with Gasteiger partial charge in [0.2, 0.25) is 0 Å². The second kappa shape index (κ2) is 8.49. The third-order valence-electron chi connectivity index (χ3n) is 3.50. The summed E-state index contributed by atoms with van der Waals surface area (Å²) in [4.78, 5) is 13.9. The van der Waals surface area contributed by atoms with Crippen LogP contribution in [0, 0.1) is 0 Å². The molecule has 0 radical (unpaired) electrons. The van der Waals surface area contributed by atoms with E-state index in [0.717, 1.165) is 12.8 Å². The van der Waals surface area contributed by atoms with Gasteiger partial charge in [-0.25, -0.2) is 0 Å². The van der Waals surface area contributed by atoms with E-state index in [-0.39, 0.29) is 5.91 Å². The molecule has 6 nitrogen and oxygen atoms in total. The monoisotopic (exact) mass is 348 g/mol. The van der Waals surface area contributed by atoms with Crippen molar-refractivity contribution in [3.8, 4) is 5.75 Å². The molecule has 2 rings (SSSR count). The van der Waals surface area contributed by atoms with E-state index >= 15 is 0 Å². The highest BCUT2D eigenvalue weighted by molar-refractivity contribution is 6.31. The number of hydrogen-bond donors (Lipinski definition) is 1. The predicted octanol–water partition coefficient (Wildman–Crippen LogP) is 3.75. The normalized spacial score (nSPS) is 10.3. The van der Waals surface area contributed by atoms with Gasteiger partial charge in [-0.15, -0.1) is 10.2 Å². The van der Waals surface area contributed by atoms with Crippen molar-refractivity contribution in [3.63, 3.8) is 0 Å². The van der Waals surface area contributed by atoms with Gasteiger partial charge in [-0.2, -0.15) is 0 Å². The first-order valence-electron chi connectivity index (χ1n) is 7.75. The van der Waals surface area contributed by atoms with Crippen molar-refractivity contribution in [1.29, 1.82) is 0 Å². The van der Waals surface area contributed by atoms with Gasteiger partial charge in [-0.3, -0.25) is 4.79 Å². The number of carbonyl (C=O) groups is 1. The molecule has 7 heteroatoms. The maximum absolute atomic E-state index is 12.2. The standard InChI is InChI=1S/C17H21ClN4O2/c1-4-5-10-22(2)17(23)13-7-9-16(21-20-13)19-14-11-12(18)6-8-15(14)24-3/h6-9,11H,4-5,10H2,1-3H3,(H,19,21). The molecule has 2 aromatic rings. The van der Waals surface area contributed by atoms with Gasteiger partial charge in [0, 0.05) is 18.6 Å². The molecule has 0 aliphatic rings. The Balaban J connectivity index is 2.10. The van der Waals surface area contributed by atoms with E-state index in [2.05, 4.69) is 22.4 Å². The summed E-state index contributed by atoms with van der Waals surface area (Å²) in [7, 11) is 3.34. The number of anilines is 2. The lowest BCUT2D eigenvalue weighted by Crippen LogP contribution is -2.28. The van der Waals surface area contributed by atoms with Gasteiger partial charge in [0.25, 0.3) is 5.91 Å². The van der Waals surface area contributed by atoms with Crippen molar-refractivity contribution >= 4 is 29.0 Å². The largest absolute Gasteiger partial charge is 0.495 e. The number of ether oxygens (including phenoxy) is 1. The van der Waals surface area contributed by atoms with E-state index in [4.69, 9.17) is 16.3 Å². The van der Waals surface area contributed by atoms with Crippen LogP contribution in [-0.2, 0) is 0 Å².